The molecule has 118 valence electrons. The van der Waals surface area contributed by atoms with Crippen LogP contribution in [0, 0.1) is 0 Å². The number of fused-ring (bicyclic) bond motifs is 1. The van der Waals surface area contributed by atoms with Crippen LogP contribution in [0.1, 0.15) is 30.1 Å². The van der Waals surface area contributed by atoms with Crippen molar-refractivity contribution in [3.63, 3.8) is 0 Å². The molecule has 3 aromatic rings. The summed E-state index contributed by atoms with van der Waals surface area (Å²) in [6.07, 6.45) is 5.49. The van der Waals surface area contributed by atoms with Gasteiger partial charge < -0.3 is 10.6 Å². The lowest BCUT2D eigenvalue weighted by Crippen LogP contribution is -2.33. The normalized spacial score (nSPS) is 18.0. The lowest BCUT2D eigenvalue weighted by molar-refractivity contribution is 0.0747. The minimum Gasteiger partial charge on any atom is -0.396 e. The molecule has 1 saturated heterocycles. The summed E-state index contributed by atoms with van der Waals surface area (Å²) in [5.74, 6) is 0.515. The van der Waals surface area contributed by atoms with Crippen LogP contribution in [-0.4, -0.2) is 43.0 Å². The molecule has 3 aromatic heterocycles. The Balaban J connectivity index is 1.76. The number of likely N-dealkylation sites (tertiary alicyclic amines) is 1. The number of nitrogens with two attached hydrogens (primary N) is 1. The molecular formula is C15H16N6OS. The fourth-order valence-corrected chi connectivity index (χ4v) is 3.52. The first-order chi connectivity index (χ1) is 11.1. The first kappa shape index (κ1) is 14.1. The molecule has 0 spiro atoms. The predicted molar refractivity (Wildman–Crippen MR) is 88.2 cm³/mol. The lowest BCUT2D eigenvalue weighted by atomic mass is 10.2. The van der Waals surface area contributed by atoms with Gasteiger partial charge in [0, 0.05) is 30.4 Å². The van der Waals surface area contributed by atoms with Crippen molar-refractivity contribution in [3.05, 3.63) is 29.4 Å². The van der Waals surface area contributed by atoms with Crippen molar-refractivity contribution in [1.29, 1.82) is 0 Å². The summed E-state index contributed by atoms with van der Waals surface area (Å²) < 4.78 is 1.57. The van der Waals surface area contributed by atoms with Crippen LogP contribution in [0.4, 0.5) is 5.69 Å². The number of rotatable bonds is 2. The summed E-state index contributed by atoms with van der Waals surface area (Å²) in [4.78, 5) is 23.2. The molecule has 1 fully saturated rings. The zero-order chi connectivity index (χ0) is 16.0. The number of thiazole rings is 1. The molecule has 1 aliphatic rings. The van der Waals surface area contributed by atoms with Crippen molar-refractivity contribution in [2.24, 2.45) is 0 Å². The molecule has 0 saturated carbocycles. The van der Waals surface area contributed by atoms with Gasteiger partial charge in [0.05, 0.1) is 11.3 Å². The molecule has 7 nitrogen and oxygen atoms in total. The molecule has 0 bridgehead atoms. The molecule has 1 amide bonds. The number of amides is 1. The van der Waals surface area contributed by atoms with E-state index in [1.54, 1.807) is 23.0 Å². The van der Waals surface area contributed by atoms with Crippen LogP contribution < -0.4 is 5.73 Å². The van der Waals surface area contributed by atoms with Gasteiger partial charge in [-0.1, -0.05) is 0 Å². The summed E-state index contributed by atoms with van der Waals surface area (Å²) in [6, 6.07) is 1.95. The zero-order valence-electron chi connectivity index (χ0n) is 12.6. The van der Waals surface area contributed by atoms with Crippen LogP contribution in [-0.2, 0) is 0 Å². The molecular weight excluding hydrogens is 312 g/mol. The van der Waals surface area contributed by atoms with Crippen molar-refractivity contribution in [2.45, 2.75) is 25.8 Å². The van der Waals surface area contributed by atoms with E-state index in [1.165, 1.54) is 11.3 Å². The molecule has 0 aromatic carbocycles. The van der Waals surface area contributed by atoms with Gasteiger partial charge in [-0.05, 0) is 25.8 Å². The first-order valence-electron chi connectivity index (χ1n) is 7.50. The van der Waals surface area contributed by atoms with Gasteiger partial charge >= 0.3 is 0 Å². The summed E-state index contributed by atoms with van der Waals surface area (Å²) >= 11 is 1.46. The molecule has 4 heterocycles. The van der Waals surface area contributed by atoms with Gasteiger partial charge in [0.15, 0.2) is 10.7 Å². The molecule has 1 atom stereocenters. The van der Waals surface area contributed by atoms with E-state index in [2.05, 4.69) is 22.0 Å². The van der Waals surface area contributed by atoms with E-state index in [4.69, 9.17) is 5.73 Å². The van der Waals surface area contributed by atoms with Crippen molar-refractivity contribution in [2.75, 3.05) is 12.3 Å². The Labute approximate surface area is 136 Å². The first-order valence-corrected chi connectivity index (χ1v) is 8.38. The van der Waals surface area contributed by atoms with Gasteiger partial charge in [0.25, 0.3) is 5.91 Å². The van der Waals surface area contributed by atoms with E-state index in [0.29, 0.717) is 22.7 Å². The zero-order valence-corrected chi connectivity index (χ0v) is 13.5. The summed E-state index contributed by atoms with van der Waals surface area (Å²) in [5, 5.41) is 7.01. The number of aromatic nitrogens is 4. The smallest absolute Gasteiger partial charge is 0.255 e. The maximum absolute atomic E-state index is 12.7. The van der Waals surface area contributed by atoms with Gasteiger partial charge in [-0.3, -0.25) is 4.79 Å². The monoisotopic (exact) mass is 328 g/mol. The Bertz CT molecular complexity index is 872. The van der Waals surface area contributed by atoms with E-state index < -0.39 is 0 Å². The quantitative estimate of drug-likeness (QED) is 0.778. The number of nitrogens with zero attached hydrogens (tertiary/aromatic N) is 5. The molecule has 23 heavy (non-hydrogen) atoms. The van der Waals surface area contributed by atoms with Crippen LogP contribution in [0.3, 0.4) is 0 Å². The van der Waals surface area contributed by atoms with Crippen LogP contribution in [0.5, 0.6) is 0 Å². The molecule has 0 aliphatic carbocycles. The maximum Gasteiger partial charge on any atom is 0.255 e. The van der Waals surface area contributed by atoms with Gasteiger partial charge in [-0.15, -0.1) is 16.4 Å². The maximum atomic E-state index is 12.7. The predicted octanol–water partition coefficient (Wildman–Crippen LogP) is 2.06. The third-order valence-corrected chi connectivity index (χ3v) is 4.92. The van der Waals surface area contributed by atoms with Crippen molar-refractivity contribution < 1.29 is 4.79 Å². The standard InChI is InChI=1S/C15H16N6OS/c1-9-3-2-5-20(9)15(22)10-7-11(16)13-18-12(19-21(13)8-10)14-17-4-6-23-14/h4,6-9H,2-3,5,16H2,1H3. The van der Waals surface area contributed by atoms with Crippen LogP contribution in [0.2, 0.25) is 0 Å². The molecule has 1 unspecified atom stereocenters. The average molecular weight is 328 g/mol. The van der Waals surface area contributed by atoms with Crippen LogP contribution in [0.15, 0.2) is 23.8 Å². The highest BCUT2D eigenvalue weighted by molar-refractivity contribution is 7.13. The second-order valence-corrected chi connectivity index (χ2v) is 6.61. The second-order valence-electron chi connectivity index (χ2n) is 5.71. The lowest BCUT2D eigenvalue weighted by Gasteiger charge is -2.21. The molecule has 4 rings (SSSR count). The second kappa shape index (κ2) is 5.31. The van der Waals surface area contributed by atoms with Crippen molar-refractivity contribution in [1.82, 2.24) is 24.5 Å². The van der Waals surface area contributed by atoms with E-state index in [0.717, 1.165) is 24.4 Å². The fraction of sp³-hybridized carbons (Fsp3) is 0.333. The third kappa shape index (κ3) is 2.35. The Morgan fingerprint density at radius 3 is 3.04 bits per heavy atom. The van der Waals surface area contributed by atoms with Crippen LogP contribution in [0.25, 0.3) is 16.5 Å². The molecule has 2 N–H and O–H groups in total. The van der Waals surface area contributed by atoms with Gasteiger partial charge in [-0.2, -0.15) is 0 Å². The largest absolute Gasteiger partial charge is 0.396 e. The highest BCUT2D eigenvalue weighted by atomic mass is 32.1. The van der Waals surface area contributed by atoms with E-state index >= 15 is 0 Å². The number of carbonyl (C=O) groups excluding carboxylic acids is 1. The Hall–Kier alpha value is -2.48. The highest BCUT2D eigenvalue weighted by Gasteiger charge is 2.27. The molecule has 0 radical (unpaired) electrons. The van der Waals surface area contributed by atoms with Gasteiger partial charge in [0.2, 0.25) is 5.82 Å². The number of pyridine rings is 1. The highest BCUT2D eigenvalue weighted by Crippen LogP contribution is 2.24. The number of hydrogen-bond acceptors (Lipinski definition) is 6. The number of hydrogen-bond donors (Lipinski definition) is 1. The minimum atomic E-state index is -0.00472. The van der Waals surface area contributed by atoms with Gasteiger partial charge in [0.1, 0.15) is 0 Å². The minimum absolute atomic E-state index is 0.00472. The summed E-state index contributed by atoms with van der Waals surface area (Å²) in [6.45, 7) is 2.86. The van der Waals surface area contributed by atoms with E-state index in [-0.39, 0.29) is 11.9 Å². The Kier molecular flexibility index (Phi) is 3.26. The summed E-state index contributed by atoms with van der Waals surface area (Å²) in [7, 11) is 0. The number of carbonyl (C=O) groups is 1. The third-order valence-electron chi connectivity index (χ3n) is 4.15. The van der Waals surface area contributed by atoms with E-state index in [1.807, 2.05) is 10.3 Å². The van der Waals surface area contributed by atoms with Crippen LogP contribution >= 0.6 is 11.3 Å². The average Bonchev–Trinajstić information content (AvgIpc) is 3.25. The fourth-order valence-electron chi connectivity index (χ4n) is 2.95. The topological polar surface area (TPSA) is 89.4 Å². The number of nitrogen functional groups attached to an aromatic ring is 1. The molecule has 8 heteroatoms. The number of anilines is 1. The van der Waals surface area contributed by atoms with E-state index in [9.17, 15) is 4.79 Å². The summed E-state index contributed by atoms with van der Waals surface area (Å²) in [5.41, 5.74) is 7.61. The Morgan fingerprint density at radius 1 is 1.48 bits per heavy atom. The van der Waals surface area contributed by atoms with Gasteiger partial charge in [-0.25, -0.2) is 14.5 Å². The molecule has 1 aliphatic heterocycles. The Morgan fingerprint density at radius 2 is 2.35 bits per heavy atom. The van der Waals surface area contributed by atoms with Crippen molar-refractivity contribution >= 4 is 28.6 Å². The SMILES string of the molecule is CC1CCCN1C(=O)c1cc(N)c2nc(-c3nccs3)nn2c1. The van der Waals surface area contributed by atoms with Crippen molar-refractivity contribution in [3.8, 4) is 10.8 Å².